The highest BCUT2D eigenvalue weighted by Crippen LogP contribution is 2.35. The van der Waals surface area contributed by atoms with Crippen molar-refractivity contribution < 1.29 is 9.18 Å². The van der Waals surface area contributed by atoms with Gasteiger partial charge in [0.05, 0.1) is 16.8 Å². The van der Waals surface area contributed by atoms with E-state index >= 15 is 0 Å². The fourth-order valence-electron chi connectivity index (χ4n) is 5.21. The lowest BCUT2D eigenvalue weighted by atomic mass is 9.92. The van der Waals surface area contributed by atoms with Gasteiger partial charge in [0.2, 0.25) is 5.91 Å². The van der Waals surface area contributed by atoms with Gasteiger partial charge in [-0.3, -0.25) is 14.2 Å². The zero-order chi connectivity index (χ0) is 23.1. The van der Waals surface area contributed by atoms with Crippen LogP contribution in [-0.2, 0) is 17.6 Å². The first-order chi connectivity index (χ1) is 15.9. The maximum absolute atomic E-state index is 14.8. The number of hydrogen-bond donors (Lipinski definition) is 0. The zero-order valence-electron chi connectivity index (χ0n) is 19.0. The van der Waals surface area contributed by atoms with Crippen LogP contribution in [0.1, 0.15) is 43.6 Å². The van der Waals surface area contributed by atoms with Crippen LogP contribution in [0.25, 0.3) is 15.9 Å². The molecule has 1 saturated heterocycles. The topological polar surface area (TPSA) is 55.2 Å². The van der Waals surface area contributed by atoms with Gasteiger partial charge in [-0.1, -0.05) is 37.7 Å². The van der Waals surface area contributed by atoms with Crippen LogP contribution in [0.3, 0.4) is 0 Å². The molecule has 3 aromatic rings. The number of para-hydroxylation sites is 1. The Morgan fingerprint density at radius 3 is 2.67 bits per heavy atom. The van der Waals surface area contributed by atoms with Crippen LogP contribution in [0.15, 0.2) is 34.2 Å². The summed E-state index contributed by atoms with van der Waals surface area (Å²) in [4.78, 5) is 35.4. The van der Waals surface area contributed by atoms with Crippen LogP contribution in [-0.4, -0.2) is 39.2 Å². The van der Waals surface area contributed by atoms with Gasteiger partial charge in [0.15, 0.2) is 5.16 Å². The third-order valence-electron chi connectivity index (χ3n) is 6.60. The summed E-state index contributed by atoms with van der Waals surface area (Å²) in [5.74, 6) is 0.698. The third-order valence-corrected chi connectivity index (χ3v) is 8.71. The molecule has 0 saturated carbocycles. The van der Waals surface area contributed by atoms with Crippen molar-refractivity contribution in [3.8, 4) is 5.69 Å². The SMILES string of the molecule is C[C@H]1C[C@H](C)CN(C(=O)CSc2nc3sc4c(c3c(=O)n2-c2ccccc2F)CCCC4)C1. The number of nitrogens with zero attached hydrogens (tertiary/aromatic N) is 3. The van der Waals surface area contributed by atoms with E-state index in [1.54, 1.807) is 29.5 Å². The van der Waals surface area contributed by atoms with Gasteiger partial charge in [0.1, 0.15) is 10.6 Å². The molecule has 1 aliphatic heterocycles. The van der Waals surface area contributed by atoms with E-state index in [2.05, 4.69) is 13.8 Å². The smallest absolute Gasteiger partial charge is 0.267 e. The number of thiophene rings is 1. The fraction of sp³-hybridized carbons (Fsp3) is 0.480. The quantitative estimate of drug-likeness (QED) is 0.383. The lowest BCUT2D eigenvalue weighted by Gasteiger charge is -2.35. The molecule has 5 nitrogen and oxygen atoms in total. The number of piperidine rings is 1. The van der Waals surface area contributed by atoms with Crippen molar-refractivity contribution in [2.24, 2.45) is 11.8 Å². The second kappa shape index (κ2) is 9.22. The predicted octanol–water partition coefficient (Wildman–Crippen LogP) is 5.06. The molecule has 5 rings (SSSR count). The molecule has 174 valence electrons. The lowest BCUT2D eigenvalue weighted by Crippen LogP contribution is -2.43. The van der Waals surface area contributed by atoms with Crippen molar-refractivity contribution in [3.05, 3.63) is 50.9 Å². The molecule has 3 heterocycles. The van der Waals surface area contributed by atoms with Gasteiger partial charge in [-0.25, -0.2) is 9.37 Å². The maximum Gasteiger partial charge on any atom is 0.267 e. The standard InChI is InChI=1S/C25H28FN3O2S2/c1-15-11-16(2)13-28(12-15)21(30)14-32-25-27-23-22(17-7-3-6-10-20(17)33-23)24(31)29(25)19-9-5-4-8-18(19)26/h4-5,8-9,15-16H,3,6-7,10-14H2,1-2H3/t15-,16-/m0/s1. The van der Waals surface area contributed by atoms with Crippen LogP contribution in [0.5, 0.6) is 0 Å². The molecule has 1 amide bonds. The van der Waals surface area contributed by atoms with E-state index in [0.717, 1.165) is 50.8 Å². The average Bonchev–Trinajstić information content (AvgIpc) is 3.16. The summed E-state index contributed by atoms with van der Waals surface area (Å²) >= 11 is 2.80. The van der Waals surface area contributed by atoms with E-state index in [1.807, 2.05) is 4.90 Å². The van der Waals surface area contributed by atoms with E-state index < -0.39 is 5.82 Å². The molecule has 0 bridgehead atoms. The molecule has 2 atom stereocenters. The van der Waals surface area contributed by atoms with Gasteiger partial charge in [0, 0.05) is 18.0 Å². The molecule has 2 aliphatic rings. The molecule has 33 heavy (non-hydrogen) atoms. The molecule has 0 N–H and O–H groups in total. The Hall–Kier alpha value is -2.19. The Morgan fingerprint density at radius 1 is 1.18 bits per heavy atom. The Bertz CT molecular complexity index is 1260. The largest absolute Gasteiger partial charge is 0.341 e. The Morgan fingerprint density at radius 2 is 1.91 bits per heavy atom. The lowest BCUT2D eigenvalue weighted by molar-refractivity contribution is -0.130. The minimum Gasteiger partial charge on any atom is -0.341 e. The van der Waals surface area contributed by atoms with Crippen LogP contribution in [0, 0.1) is 17.7 Å². The van der Waals surface area contributed by atoms with E-state index in [9.17, 15) is 14.0 Å². The molecule has 0 radical (unpaired) electrons. The number of carbonyl (C=O) groups excluding carboxylic acids is 1. The highest BCUT2D eigenvalue weighted by atomic mass is 32.2. The van der Waals surface area contributed by atoms with Gasteiger partial charge < -0.3 is 4.90 Å². The monoisotopic (exact) mass is 485 g/mol. The van der Waals surface area contributed by atoms with Gasteiger partial charge in [-0.05, 0) is 61.6 Å². The highest BCUT2D eigenvalue weighted by Gasteiger charge is 2.27. The number of carbonyl (C=O) groups is 1. The molecule has 1 aromatic carbocycles. The van der Waals surface area contributed by atoms with Crippen molar-refractivity contribution in [3.63, 3.8) is 0 Å². The molecule has 0 spiro atoms. The van der Waals surface area contributed by atoms with E-state index in [0.29, 0.717) is 27.2 Å². The van der Waals surface area contributed by atoms with Gasteiger partial charge in [-0.2, -0.15) is 0 Å². The van der Waals surface area contributed by atoms with Crippen LogP contribution in [0.2, 0.25) is 0 Å². The maximum atomic E-state index is 14.8. The molecule has 1 fully saturated rings. The number of halogens is 1. The summed E-state index contributed by atoms with van der Waals surface area (Å²) in [6, 6.07) is 6.28. The van der Waals surface area contributed by atoms with Crippen molar-refractivity contribution >= 4 is 39.2 Å². The molecule has 1 aliphatic carbocycles. The van der Waals surface area contributed by atoms with E-state index in [-0.39, 0.29) is 22.9 Å². The van der Waals surface area contributed by atoms with Crippen molar-refractivity contribution in [1.82, 2.24) is 14.5 Å². The number of fused-ring (bicyclic) bond motifs is 3. The van der Waals surface area contributed by atoms with E-state index in [1.165, 1.54) is 27.3 Å². The molecule has 2 aromatic heterocycles. The number of likely N-dealkylation sites (tertiary alicyclic amines) is 1. The van der Waals surface area contributed by atoms with Crippen LogP contribution < -0.4 is 5.56 Å². The first kappa shape index (κ1) is 22.6. The Kier molecular flexibility index (Phi) is 6.31. The first-order valence-corrected chi connectivity index (χ1v) is 13.5. The summed E-state index contributed by atoms with van der Waals surface area (Å²) in [5, 5.41) is 0.995. The minimum atomic E-state index is -0.475. The summed E-state index contributed by atoms with van der Waals surface area (Å²) in [6.07, 6.45) is 5.12. The fourth-order valence-corrected chi connectivity index (χ4v) is 7.42. The zero-order valence-corrected chi connectivity index (χ0v) is 20.6. The highest BCUT2D eigenvalue weighted by molar-refractivity contribution is 7.99. The number of rotatable bonds is 4. The Labute approximate surface area is 201 Å². The first-order valence-electron chi connectivity index (χ1n) is 11.6. The van der Waals surface area contributed by atoms with Gasteiger partial charge in [-0.15, -0.1) is 11.3 Å². The van der Waals surface area contributed by atoms with Gasteiger partial charge >= 0.3 is 0 Å². The number of aryl methyl sites for hydroxylation is 2. The van der Waals surface area contributed by atoms with Crippen molar-refractivity contribution in [2.45, 2.75) is 51.1 Å². The number of amides is 1. The molecular formula is C25H28FN3O2S2. The number of benzene rings is 1. The van der Waals surface area contributed by atoms with Crippen LogP contribution >= 0.6 is 23.1 Å². The van der Waals surface area contributed by atoms with Crippen molar-refractivity contribution in [2.75, 3.05) is 18.8 Å². The number of hydrogen-bond acceptors (Lipinski definition) is 5. The second-order valence-corrected chi connectivity index (χ2v) is 11.4. The van der Waals surface area contributed by atoms with E-state index in [4.69, 9.17) is 4.98 Å². The predicted molar refractivity (Wildman–Crippen MR) is 132 cm³/mol. The second-order valence-electron chi connectivity index (χ2n) is 9.41. The number of aromatic nitrogens is 2. The van der Waals surface area contributed by atoms with Gasteiger partial charge in [0.25, 0.3) is 5.56 Å². The summed E-state index contributed by atoms with van der Waals surface area (Å²) < 4.78 is 16.2. The normalized spacial score (nSPS) is 20.8. The number of thioether (sulfide) groups is 1. The van der Waals surface area contributed by atoms with Crippen molar-refractivity contribution in [1.29, 1.82) is 0 Å². The summed E-state index contributed by atoms with van der Waals surface area (Å²) in [7, 11) is 0. The van der Waals surface area contributed by atoms with Crippen LogP contribution in [0.4, 0.5) is 4.39 Å². The average molecular weight is 486 g/mol. The summed E-state index contributed by atoms with van der Waals surface area (Å²) in [5.41, 5.74) is 1.02. The minimum absolute atomic E-state index is 0.0401. The Balaban J connectivity index is 1.55. The molecular weight excluding hydrogens is 457 g/mol. The summed E-state index contributed by atoms with van der Waals surface area (Å²) in [6.45, 7) is 5.86. The third kappa shape index (κ3) is 4.35. The molecule has 8 heteroatoms. The molecule has 0 unspecified atom stereocenters.